The number of pyridine rings is 1. The van der Waals surface area contributed by atoms with E-state index in [2.05, 4.69) is 27.8 Å². The van der Waals surface area contributed by atoms with Crippen molar-refractivity contribution in [3.63, 3.8) is 0 Å². The molecule has 154 valence electrons. The Kier molecular flexibility index (Phi) is 10.4. The number of nitrogens with zero attached hydrogens (tertiary/aromatic N) is 3. The number of halogens is 2. The quantitative estimate of drug-likeness (QED) is 0.771. The summed E-state index contributed by atoms with van der Waals surface area (Å²) in [5.41, 5.74) is 5.88. The second-order valence-corrected chi connectivity index (χ2v) is 7.53. The standard InChI is InChI=1S/C20H32N4O.2ClH/c1-2-23(20(25)18-7-5-6-17(18)14-21)15-16-9-12-24(13-10-16)19-8-3-4-11-22-19;;/h3-4,8,11,16-18H,2,5-7,9-10,12-15,21H2,1H3;2*1H/t17-,18-;;/m1../s1. The smallest absolute Gasteiger partial charge is 0.226 e. The van der Waals surface area contributed by atoms with Crippen molar-refractivity contribution in [1.82, 2.24) is 9.88 Å². The lowest BCUT2D eigenvalue weighted by Crippen LogP contribution is -2.44. The number of hydrogen-bond acceptors (Lipinski definition) is 4. The van der Waals surface area contributed by atoms with Gasteiger partial charge >= 0.3 is 0 Å². The van der Waals surface area contributed by atoms with Gasteiger partial charge in [-0.2, -0.15) is 0 Å². The Bertz CT molecular complexity index is 552. The lowest BCUT2D eigenvalue weighted by molar-refractivity contribution is -0.137. The van der Waals surface area contributed by atoms with Crippen LogP contribution in [-0.2, 0) is 4.79 Å². The van der Waals surface area contributed by atoms with E-state index in [-0.39, 0.29) is 30.7 Å². The highest BCUT2D eigenvalue weighted by molar-refractivity contribution is 5.85. The Morgan fingerprint density at radius 1 is 1.22 bits per heavy atom. The number of carbonyl (C=O) groups excluding carboxylic acids is 1. The largest absolute Gasteiger partial charge is 0.357 e. The molecule has 2 aliphatic rings. The molecule has 1 aromatic rings. The van der Waals surface area contributed by atoms with Gasteiger partial charge < -0.3 is 15.5 Å². The third-order valence-electron chi connectivity index (χ3n) is 6.04. The number of rotatable bonds is 6. The second kappa shape index (κ2) is 11.7. The lowest BCUT2D eigenvalue weighted by Gasteiger charge is -2.36. The molecule has 0 bridgehead atoms. The fraction of sp³-hybridized carbons (Fsp3) is 0.700. The van der Waals surface area contributed by atoms with Crippen LogP contribution in [0.2, 0.25) is 0 Å². The molecule has 2 heterocycles. The van der Waals surface area contributed by atoms with Crippen LogP contribution in [0.15, 0.2) is 24.4 Å². The van der Waals surface area contributed by atoms with Gasteiger partial charge in [0.25, 0.3) is 0 Å². The minimum Gasteiger partial charge on any atom is -0.357 e. The average molecular weight is 417 g/mol. The molecule has 1 saturated carbocycles. The number of piperidine rings is 1. The monoisotopic (exact) mass is 416 g/mol. The van der Waals surface area contributed by atoms with Gasteiger partial charge in [0.2, 0.25) is 5.91 Å². The first-order chi connectivity index (χ1) is 12.2. The zero-order valence-electron chi connectivity index (χ0n) is 16.3. The first-order valence-corrected chi connectivity index (χ1v) is 9.87. The second-order valence-electron chi connectivity index (χ2n) is 7.53. The Hall–Kier alpha value is -1.04. The van der Waals surface area contributed by atoms with Crippen LogP contribution in [0.1, 0.15) is 39.0 Å². The summed E-state index contributed by atoms with van der Waals surface area (Å²) >= 11 is 0. The predicted octanol–water partition coefficient (Wildman–Crippen LogP) is 3.37. The number of carbonyl (C=O) groups is 1. The first-order valence-electron chi connectivity index (χ1n) is 9.87. The van der Waals surface area contributed by atoms with E-state index < -0.39 is 0 Å². The number of nitrogens with two attached hydrogens (primary N) is 1. The van der Waals surface area contributed by atoms with E-state index in [1.165, 1.54) is 0 Å². The van der Waals surface area contributed by atoms with Gasteiger partial charge in [0.15, 0.2) is 0 Å². The summed E-state index contributed by atoms with van der Waals surface area (Å²) in [6.07, 6.45) is 7.41. The van der Waals surface area contributed by atoms with Crippen LogP contribution in [0.3, 0.4) is 0 Å². The number of hydrogen-bond donors (Lipinski definition) is 1. The lowest BCUT2D eigenvalue weighted by atomic mass is 9.92. The van der Waals surface area contributed by atoms with E-state index >= 15 is 0 Å². The molecular formula is C20H34Cl2N4O. The summed E-state index contributed by atoms with van der Waals surface area (Å²) in [6, 6.07) is 6.08. The fourth-order valence-electron chi connectivity index (χ4n) is 4.45. The summed E-state index contributed by atoms with van der Waals surface area (Å²) in [4.78, 5) is 21.9. The topological polar surface area (TPSA) is 62.5 Å². The Labute approximate surface area is 175 Å². The molecule has 2 N–H and O–H groups in total. The van der Waals surface area contributed by atoms with E-state index in [0.717, 1.165) is 64.1 Å². The summed E-state index contributed by atoms with van der Waals surface area (Å²) in [6.45, 7) is 6.53. The van der Waals surface area contributed by atoms with Gasteiger partial charge in [-0.1, -0.05) is 12.5 Å². The van der Waals surface area contributed by atoms with Crippen LogP contribution in [0.25, 0.3) is 0 Å². The van der Waals surface area contributed by atoms with E-state index in [9.17, 15) is 4.79 Å². The van der Waals surface area contributed by atoms with Crippen LogP contribution < -0.4 is 10.6 Å². The van der Waals surface area contributed by atoms with Crippen LogP contribution in [-0.4, -0.2) is 48.5 Å². The van der Waals surface area contributed by atoms with Gasteiger partial charge in [0.1, 0.15) is 5.82 Å². The minimum absolute atomic E-state index is 0. The van der Waals surface area contributed by atoms with E-state index in [0.29, 0.717) is 24.3 Å². The molecule has 1 saturated heterocycles. The van der Waals surface area contributed by atoms with Gasteiger partial charge in [-0.3, -0.25) is 4.79 Å². The molecule has 1 aliphatic heterocycles. The van der Waals surface area contributed by atoms with Crippen LogP contribution >= 0.6 is 24.8 Å². The molecule has 0 spiro atoms. The maximum atomic E-state index is 13.0. The highest BCUT2D eigenvalue weighted by Crippen LogP contribution is 2.33. The molecule has 0 radical (unpaired) electrons. The van der Waals surface area contributed by atoms with Crippen molar-refractivity contribution in [2.24, 2.45) is 23.5 Å². The minimum atomic E-state index is 0. The van der Waals surface area contributed by atoms with Gasteiger partial charge in [0, 0.05) is 38.3 Å². The third-order valence-corrected chi connectivity index (χ3v) is 6.04. The van der Waals surface area contributed by atoms with Crippen LogP contribution in [0.4, 0.5) is 5.82 Å². The van der Waals surface area contributed by atoms with Gasteiger partial charge in [0.05, 0.1) is 0 Å². The number of aromatic nitrogens is 1. The molecule has 3 rings (SSSR count). The van der Waals surface area contributed by atoms with E-state index in [1.54, 1.807) is 0 Å². The van der Waals surface area contributed by atoms with Crippen molar-refractivity contribution in [3.05, 3.63) is 24.4 Å². The summed E-state index contributed by atoms with van der Waals surface area (Å²) < 4.78 is 0. The predicted molar refractivity (Wildman–Crippen MR) is 116 cm³/mol. The molecule has 1 aliphatic carbocycles. The number of amides is 1. The normalized spacial score (nSPS) is 22.7. The molecule has 0 aromatic carbocycles. The highest BCUT2D eigenvalue weighted by atomic mass is 35.5. The molecule has 2 fully saturated rings. The van der Waals surface area contributed by atoms with Crippen molar-refractivity contribution >= 4 is 36.5 Å². The van der Waals surface area contributed by atoms with Crippen molar-refractivity contribution in [2.75, 3.05) is 37.6 Å². The zero-order valence-corrected chi connectivity index (χ0v) is 17.9. The van der Waals surface area contributed by atoms with E-state index in [1.807, 2.05) is 18.3 Å². The van der Waals surface area contributed by atoms with Gasteiger partial charge in [-0.25, -0.2) is 4.98 Å². The third kappa shape index (κ3) is 5.97. The van der Waals surface area contributed by atoms with Crippen molar-refractivity contribution in [1.29, 1.82) is 0 Å². The molecule has 0 unspecified atom stereocenters. The highest BCUT2D eigenvalue weighted by Gasteiger charge is 2.35. The van der Waals surface area contributed by atoms with Gasteiger partial charge in [-0.05, 0) is 63.1 Å². The maximum absolute atomic E-state index is 13.0. The van der Waals surface area contributed by atoms with Crippen molar-refractivity contribution in [3.8, 4) is 0 Å². The van der Waals surface area contributed by atoms with E-state index in [4.69, 9.17) is 5.73 Å². The Balaban J connectivity index is 0.00000182. The summed E-state index contributed by atoms with van der Waals surface area (Å²) in [5.74, 6) is 2.58. The molecular weight excluding hydrogens is 383 g/mol. The fourth-order valence-corrected chi connectivity index (χ4v) is 4.45. The van der Waals surface area contributed by atoms with Crippen LogP contribution in [0.5, 0.6) is 0 Å². The summed E-state index contributed by atoms with van der Waals surface area (Å²) in [5, 5.41) is 0. The van der Waals surface area contributed by atoms with Crippen molar-refractivity contribution in [2.45, 2.75) is 39.0 Å². The maximum Gasteiger partial charge on any atom is 0.226 e. The zero-order chi connectivity index (χ0) is 17.6. The Morgan fingerprint density at radius 3 is 2.56 bits per heavy atom. The number of anilines is 1. The molecule has 1 aromatic heterocycles. The van der Waals surface area contributed by atoms with Gasteiger partial charge in [-0.15, -0.1) is 24.8 Å². The Morgan fingerprint density at radius 2 is 1.96 bits per heavy atom. The molecule has 5 nitrogen and oxygen atoms in total. The molecule has 27 heavy (non-hydrogen) atoms. The summed E-state index contributed by atoms with van der Waals surface area (Å²) in [7, 11) is 0. The molecule has 1 amide bonds. The van der Waals surface area contributed by atoms with Crippen molar-refractivity contribution < 1.29 is 4.79 Å². The first kappa shape index (κ1) is 24.0. The average Bonchev–Trinajstić information content (AvgIpc) is 3.15. The van der Waals surface area contributed by atoms with Crippen LogP contribution in [0, 0.1) is 17.8 Å². The molecule has 2 atom stereocenters. The molecule has 7 heteroatoms. The SMILES string of the molecule is CCN(CC1CCN(c2ccccn2)CC1)C(=O)[C@@H]1CCC[C@@H]1CN.Cl.Cl.